The first-order valence-corrected chi connectivity index (χ1v) is 5.57. The van der Waals surface area contributed by atoms with Crippen LogP contribution in [0.5, 0.6) is 0 Å². The van der Waals surface area contributed by atoms with Crippen molar-refractivity contribution in [3.63, 3.8) is 0 Å². The molecule has 0 spiro atoms. The quantitative estimate of drug-likeness (QED) is 0.901. The Kier molecular flexibility index (Phi) is 4.50. The van der Waals surface area contributed by atoms with E-state index >= 15 is 0 Å². The van der Waals surface area contributed by atoms with Gasteiger partial charge in [0.15, 0.2) is 0 Å². The van der Waals surface area contributed by atoms with E-state index in [1.165, 1.54) is 18.2 Å². The number of aliphatic hydroxyl groups is 1. The molecule has 104 valence electrons. The molecule has 1 amide bonds. The van der Waals surface area contributed by atoms with Crippen molar-refractivity contribution < 1.29 is 23.1 Å². The van der Waals surface area contributed by atoms with Gasteiger partial charge in [-0.3, -0.25) is 4.79 Å². The van der Waals surface area contributed by atoms with Crippen molar-refractivity contribution in [1.82, 2.24) is 0 Å². The molecule has 0 aliphatic heterocycles. The molecule has 19 heavy (non-hydrogen) atoms. The Morgan fingerprint density at radius 1 is 1.26 bits per heavy atom. The highest BCUT2D eigenvalue weighted by Crippen LogP contribution is 2.32. The topological polar surface area (TPSA) is 63.3 Å². The van der Waals surface area contributed by atoms with Gasteiger partial charge in [0.2, 0.25) is 0 Å². The fourth-order valence-electron chi connectivity index (χ4n) is 1.15. The Labute approximate surface area is 116 Å². The second kappa shape index (κ2) is 5.40. The molecule has 1 unspecified atom stereocenters. The fraction of sp³-hybridized carbons (Fsp3) is 0.182. The smallest absolute Gasteiger partial charge is 0.369 e. The van der Waals surface area contributed by atoms with E-state index in [9.17, 15) is 23.1 Å². The number of primary amides is 1. The zero-order valence-electron chi connectivity index (χ0n) is 9.21. The van der Waals surface area contributed by atoms with Crippen molar-refractivity contribution in [2.75, 3.05) is 0 Å². The SMILES string of the molecule is NC(=O)C(O)(C=Cc1ccc(Cl)c(Cl)c1)C(F)(F)F. The Morgan fingerprint density at radius 3 is 2.26 bits per heavy atom. The summed E-state index contributed by atoms with van der Waals surface area (Å²) < 4.78 is 37.7. The highest BCUT2D eigenvalue weighted by Gasteiger charge is 2.56. The standard InChI is InChI=1S/C11H8Cl2F3NO2/c12-7-2-1-6(5-8(7)13)3-4-10(19,9(17)18)11(14,15)16/h1-5,19H,(H2,17,18). The van der Waals surface area contributed by atoms with E-state index in [0.717, 1.165) is 6.08 Å². The summed E-state index contributed by atoms with van der Waals surface area (Å²) in [7, 11) is 0. The molecule has 0 aliphatic rings. The van der Waals surface area contributed by atoms with Gasteiger partial charge in [-0.15, -0.1) is 0 Å². The number of rotatable bonds is 3. The van der Waals surface area contributed by atoms with Crippen LogP contribution in [-0.2, 0) is 4.79 Å². The maximum atomic E-state index is 12.6. The average molecular weight is 314 g/mol. The number of amides is 1. The predicted molar refractivity (Wildman–Crippen MR) is 65.7 cm³/mol. The van der Waals surface area contributed by atoms with Gasteiger partial charge >= 0.3 is 6.18 Å². The van der Waals surface area contributed by atoms with E-state index in [1.807, 2.05) is 0 Å². The number of halogens is 5. The third-order valence-corrected chi connectivity index (χ3v) is 3.01. The lowest BCUT2D eigenvalue weighted by Crippen LogP contribution is -2.53. The van der Waals surface area contributed by atoms with Gasteiger partial charge in [0, 0.05) is 0 Å². The molecule has 0 heterocycles. The molecular formula is C11H8Cl2F3NO2. The molecule has 0 saturated heterocycles. The van der Waals surface area contributed by atoms with E-state index in [4.69, 9.17) is 23.2 Å². The molecule has 1 rings (SSSR count). The molecule has 0 fully saturated rings. The van der Waals surface area contributed by atoms with Gasteiger partial charge in [0.05, 0.1) is 10.0 Å². The fourth-order valence-corrected chi connectivity index (χ4v) is 1.46. The summed E-state index contributed by atoms with van der Waals surface area (Å²) in [4.78, 5) is 10.8. The van der Waals surface area contributed by atoms with E-state index in [2.05, 4.69) is 5.73 Å². The molecule has 0 aliphatic carbocycles. The van der Waals surface area contributed by atoms with Crippen molar-refractivity contribution in [3.05, 3.63) is 39.9 Å². The van der Waals surface area contributed by atoms with Crippen LogP contribution < -0.4 is 5.73 Å². The summed E-state index contributed by atoms with van der Waals surface area (Å²) in [6, 6.07) is 4.00. The van der Waals surface area contributed by atoms with Crippen molar-refractivity contribution in [3.8, 4) is 0 Å². The Bertz CT molecular complexity index is 531. The maximum Gasteiger partial charge on any atom is 0.430 e. The van der Waals surface area contributed by atoms with E-state index in [0.29, 0.717) is 0 Å². The molecule has 1 aromatic rings. The molecule has 1 atom stereocenters. The van der Waals surface area contributed by atoms with Crippen LogP contribution in [0.15, 0.2) is 24.3 Å². The minimum absolute atomic E-state index is 0.124. The second-order valence-corrected chi connectivity index (χ2v) is 4.45. The van der Waals surface area contributed by atoms with Crippen LogP contribution >= 0.6 is 23.2 Å². The lowest BCUT2D eigenvalue weighted by molar-refractivity contribution is -0.232. The number of alkyl halides is 3. The number of benzene rings is 1. The third kappa shape index (κ3) is 3.40. The average Bonchev–Trinajstić information content (AvgIpc) is 2.28. The van der Waals surface area contributed by atoms with E-state index < -0.39 is 17.7 Å². The maximum absolute atomic E-state index is 12.6. The summed E-state index contributed by atoms with van der Waals surface area (Å²) in [5.41, 5.74) is 1.05. The number of hydrogen-bond acceptors (Lipinski definition) is 2. The normalized spacial score (nSPS) is 15.5. The van der Waals surface area contributed by atoms with Gasteiger partial charge in [-0.05, 0) is 23.8 Å². The predicted octanol–water partition coefficient (Wildman–Crippen LogP) is 2.79. The molecular weight excluding hydrogens is 306 g/mol. The summed E-state index contributed by atoms with van der Waals surface area (Å²) in [6.07, 6.45) is -4.08. The summed E-state index contributed by atoms with van der Waals surface area (Å²) in [5.74, 6) is -1.92. The van der Waals surface area contributed by atoms with Crippen LogP contribution in [0.2, 0.25) is 10.0 Å². The van der Waals surface area contributed by atoms with Gasteiger partial charge < -0.3 is 10.8 Å². The van der Waals surface area contributed by atoms with Crippen molar-refractivity contribution >= 4 is 35.2 Å². The lowest BCUT2D eigenvalue weighted by atomic mass is 10.0. The van der Waals surface area contributed by atoms with E-state index in [-0.39, 0.29) is 21.7 Å². The van der Waals surface area contributed by atoms with Crippen LogP contribution in [0.4, 0.5) is 13.2 Å². The van der Waals surface area contributed by atoms with Gasteiger partial charge in [0.1, 0.15) is 0 Å². The van der Waals surface area contributed by atoms with Crippen LogP contribution in [0.25, 0.3) is 6.08 Å². The van der Waals surface area contributed by atoms with Crippen LogP contribution in [-0.4, -0.2) is 22.8 Å². The van der Waals surface area contributed by atoms with Crippen LogP contribution in [0.1, 0.15) is 5.56 Å². The Balaban J connectivity index is 3.13. The van der Waals surface area contributed by atoms with Gasteiger partial charge in [0.25, 0.3) is 11.5 Å². The summed E-state index contributed by atoms with van der Waals surface area (Å²) in [5, 5.41) is 9.61. The van der Waals surface area contributed by atoms with Gasteiger partial charge in [-0.1, -0.05) is 35.3 Å². The molecule has 1 aromatic carbocycles. The number of carbonyl (C=O) groups is 1. The van der Waals surface area contributed by atoms with E-state index in [1.54, 1.807) is 0 Å². The first kappa shape index (κ1) is 15.8. The van der Waals surface area contributed by atoms with Gasteiger partial charge in [-0.2, -0.15) is 13.2 Å². The highest BCUT2D eigenvalue weighted by molar-refractivity contribution is 6.42. The Hall–Kier alpha value is -1.24. The molecule has 8 heteroatoms. The van der Waals surface area contributed by atoms with Crippen LogP contribution in [0.3, 0.4) is 0 Å². The zero-order valence-corrected chi connectivity index (χ0v) is 10.7. The summed E-state index contributed by atoms with van der Waals surface area (Å²) in [6.45, 7) is 0. The highest BCUT2D eigenvalue weighted by atomic mass is 35.5. The van der Waals surface area contributed by atoms with Crippen molar-refractivity contribution in [2.24, 2.45) is 5.73 Å². The molecule has 0 aromatic heterocycles. The molecule has 0 bridgehead atoms. The Morgan fingerprint density at radius 2 is 1.84 bits per heavy atom. The molecule has 0 radical (unpaired) electrons. The molecule has 0 saturated carbocycles. The molecule has 3 N–H and O–H groups in total. The second-order valence-electron chi connectivity index (χ2n) is 3.64. The minimum atomic E-state index is -5.22. The van der Waals surface area contributed by atoms with Gasteiger partial charge in [-0.25, -0.2) is 0 Å². The molecule has 3 nitrogen and oxygen atoms in total. The largest absolute Gasteiger partial charge is 0.430 e. The first-order chi connectivity index (χ1) is 8.58. The third-order valence-electron chi connectivity index (χ3n) is 2.27. The first-order valence-electron chi connectivity index (χ1n) is 4.81. The number of hydrogen-bond donors (Lipinski definition) is 2. The number of carbonyl (C=O) groups excluding carboxylic acids is 1. The van der Waals surface area contributed by atoms with Crippen LogP contribution in [0, 0.1) is 0 Å². The van der Waals surface area contributed by atoms with Crippen molar-refractivity contribution in [2.45, 2.75) is 11.8 Å². The number of nitrogens with two attached hydrogens (primary N) is 1. The zero-order chi connectivity index (χ0) is 14.8. The van der Waals surface area contributed by atoms with Crippen molar-refractivity contribution in [1.29, 1.82) is 0 Å². The minimum Gasteiger partial charge on any atom is -0.369 e. The monoisotopic (exact) mass is 313 g/mol. The summed E-state index contributed by atoms with van der Waals surface area (Å²) >= 11 is 11.3. The lowest BCUT2D eigenvalue weighted by Gasteiger charge is -2.23.